The van der Waals surface area contributed by atoms with Gasteiger partial charge in [0.2, 0.25) is 0 Å². The van der Waals surface area contributed by atoms with Crippen LogP contribution in [-0.4, -0.2) is 15.7 Å². The van der Waals surface area contributed by atoms with E-state index in [9.17, 15) is 4.79 Å². The Morgan fingerprint density at radius 1 is 1.00 bits per heavy atom. The van der Waals surface area contributed by atoms with Crippen LogP contribution in [0.4, 0.5) is 5.69 Å². The number of aromatic nitrogens is 2. The number of anilines is 1. The Hall–Kier alpha value is -2.88. The second-order valence-electron chi connectivity index (χ2n) is 6.44. The molecule has 0 radical (unpaired) electrons. The fourth-order valence-electron chi connectivity index (χ4n) is 2.86. The van der Waals surface area contributed by atoms with Gasteiger partial charge in [0.05, 0.1) is 23.6 Å². The molecule has 0 fully saturated rings. The lowest BCUT2D eigenvalue weighted by Gasteiger charge is -2.09. The van der Waals surface area contributed by atoms with Crippen LogP contribution in [0.15, 0.2) is 48.5 Å². The van der Waals surface area contributed by atoms with Gasteiger partial charge in [0.15, 0.2) is 0 Å². The number of nitrogens with zero attached hydrogens (tertiary/aromatic N) is 2. The molecule has 0 bridgehead atoms. The molecule has 3 aromatic rings. The zero-order chi connectivity index (χ0) is 18.0. The van der Waals surface area contributed by atoms with Crippen LogP contribution in [0.25, 0.3) is 0 Å². The van der Waals surface area contributed by atoms with Gasteiger partial charge < -0.3 is 5.32 Å². The molecule has 4 nitrogen and oxygen atoms in total. The lowest BCUT2D eigenvalue weighted by atomic mass is 10.1. The topological polar surface area (TPSA) is 46.9 Å². The Balaban J connectivity index is 1.83. The van der Waals surface area contributed by atoms with Crippen LogP contribution in [-0.2, 0) is 6.54 Å². The van der Waals surface area contributed by atoms with E-state index in [1.807, 2.05) is 68.8 Å². The lowest BCUT2D eigenvalue weighted by molar-refractivity contribution is 0.102. The number of nitrogens with one attached hydrogen (secondary N) is 1. The van der Waals surface area contributed by atoms with Crippen LogP contribution in [0, 0.1) is 27.7 Å². The molecule has 2 aromatic carbocycles. The van der Waals surface area contributed by atoms with Gasteiger partial charge in [-0.15, -0.1) is 0 Å². The SMILES string of the molecule is Cc1ccc(C(=O)Nc2c(C)nn(Cc3ccccc3)c2C)cc1C. The van der Waals surface area contributed by atoms with Gasteiger partial charge in [-0.3, -0.25) is 9.48 Å². The number of hydrogen-bond acceptors (Lipinski definition) is 2. The standard InChI is InChI=1S/C21H23N3O/c1-14-10-11-19(12-15(14)2)21(25)22-20-16(3)23-24(17(20)4)13-18-8-6-5-7-9-18/h5-12H,13H2,1-4H3,(H,22,25). The van der Waals surface area contributed by atoms with Crippen molar-refractivity contribution in [1.29, 1.82) is 0 Å². The highest BCUT2D eigenvalue weighted by Gasteiger charge is 2.15. The molecule has 0 atom stereocenters. The van der Waals surface area contributed by atoms with E-state index in [4.69, 9.17) is 0 Å². The second kappa shape index (κ2) is 6.93. The first-order valence-electron chi connectivity index (χ1n) is 8.42. The molecule has 1 N–H and O–H groups in total. The van der Waals surface area contributed by atoms with E-state index in [-0.39, 0.29) is 5.91 Å². The normalized spacial score (nSPS) is 10.7. The van der Waals surface area contributed by atoms with Crippen LogP contribution in [0.2, 0.25) is 0 Å². The molecule has 0 spiro atoms. The lowest BCUT2D eigenvalue weighted by Crippen LogP contribution is -2.13. The molecule has 0 unspecified atom stereocenters. The van der Waals surface area contributed by atoms with E-state index >= 15 is 0 Å². The van der Waals surface area contributed by atoms with E-state index < -0.39 is 0 Å². The van der Waals surface area contributed by atoms with E-state index in [2.05, 4.69) is 22.5 Å². The molecule has 1 aromatic heterocycles. The highest BCUT2D eigenvalue weighted by atomic mass is 16.1. The first-order chi connectivity index (χ1) is 12.0. The molecule has 3 rings (SSSR count). The van der Waals surface area contributed by atoms with Crippen LogP contribution in [0.5, 0.6) is 0 Å². The first-order valence-corrected chi connectivity index (χ1v) is 8.42. The third kappa shape index (κ3) is 3.63. The van der Waals surface area contributed by atoms with Crippen LogP contribution >= 0.6 is 0 Å². The number of aryl methyl sites for hydroxylation is 3. The summed E-state index contributed by atoms with van der Waals surface area (Å²) in [6.45, 7) is 8.65. The van der Waals surface area contributed by atoms with Crippen molar-refractivity contribution in [2.24, 2.45) is 0 Å². The minimum absolute atomic E-state index is 0.103. The minimum Gasteiger partial charge on any atom is -0.319 e. The van der Waals surface area contributed by atoms with Gasteiger partial charge in [-0.25, -0.2) is 0 Å². The average Bonchev–Trinajstić information content (AvgIpc) is 2.85. The van der Waals surface area contributed by atoms with E-state index in [1.165, 1.54) is 11.1 Å². The Morgan fingerprint density at radius 3 is 2.40 bits per heavy atom. The van der Waals surface area contributed by atoms with Crippen LogP contribution in [0.1, 0.15) is 38.4 Å². The monoisotopic (exact) mass is 333 g/mol. The number of benzene rings is 2. The van der Waals surface area contributed by atoms with Gasteiger partial charge in [-0.2, -0.15) is 5.10 Å². The molecule has 25 heavy (non-hydrogen) atoms. The van der Waals surface area contributed by atoms with Crippen molar-refractivity contribution in [2.45, 2.75) is 34.2 Å². The third-order valence-corrected chi connectivity index (χ3v) is 4.56. The highest BCUT2D eigenvalue weighted by molar-refractivity contribution is 6.05. The summed E-state index contributed by atoms with van der Waals surface area (Å²) in [5.41, 5.74) is 6.71. The Kier molecular flexibility index (Phi) is 4.70. The van der Waals surface area contributed by atoms with Gasteiger partial charge in [0.25, 0.3) is 5.91 Å². The van der Waals surface area contributed by atoms with Gasteiger partial charge in [-0.1, -0.05) is 36.4 Å². The average molecular weight is 333 g/mol. The third-order valence-electron chi connectivity index (χ3n) is 4.56. The van der Waals surface area contributed by atoms with E-state index in [0.29, 0.717) is 12.1 Å². The fourth-order valence-corrected chi connectivity index (χ4v) is 2.86. The molecular weight excluding hydrogens is 310 g/mol. The Labute approximate surface area is 148 Å². The summed E-state index contributed by atoms with van der Waals surface area (Å²) in [5, 5.41) is 7.61. The molecule has 1 heterocycles. The summed E-state index contributed by atoms with van der Waals surface area (Å²) in [6, 6.07) is 15.9. The maximum atomic E-state index is 12.6. The van der Waals surface area contributed by atoms with Crippen LogP contribution < -0.4 is 5.32 Å². The van der Waals surface area contributed by atoms with Gasteiger partial charge in [0.1, 0.15) is 0 Å². The molecular formula is C21H23N3O. The molecule has 0 aliphatic rings. The van der Waals surface area contributed by atoms with Crippen molar-refractivity contribution in [3.63, 3.8) is 0 Å². The van der Waals surface area contributed by atoms with Crippen LogP contribution in [0.3, 0.4) is 0 Å². The summed E-state index contributed by atoms with van der Waals surface area (Å²) >= 11 is 0. The summed E-state index contributed by atoms with van der Waals surface area (Å²) in [7, 11) is 0. The molecule has 4 heteroatoms. The largest absolute Gasteiger partial charge is 0.319 e. The zero-order valence-corrected chi connectivity index (χ0v) is 15.1. The van der Waals surface area contributed by atoms with Gasteiger partial charge in [0, 0.05) is 5.56 Å². The van der Waals surface area contributed by atoms with Gasteiger partial charge >= 0.3 is 0 Å². The summed E-state index contributed by atoms with van der Waals surface area (Å²) in [4.78, 5) is 12.6. The minimum atomic E-state index is -0.103. The van der Waals surface area contributed by atoms with E-state index in [1.54, 1.807) is 0 Å². The van der Waals surface area contributed by atoms with Crippen molar-refractivity contribution in [3.8, 4) is 0 Å². The molecule has 0 aliphatic heterocycles. The number of amides is 1. The molecule has 0 aliphatic carbocycles. The van der Waals surface area contributed by atoms with Crippen molar-refractivity contribution in [1.82, 2.24) is 9.78 Å². The molecule has 128 valence electrons. The number of carbonyl (C=O) groups is 1. The van der Waals surface area contributed by atoms with Crippen molar-refractivity contribution < 1.29 is 4.79 Å². The predicted octanol–water partition coefficient (Wildman–Crippen LogP) is 4.42. The number of carbonyl (C=O) groups excluding carboxylic acids is 1. The first kappa shape index (κ1) is 17.0. The second-order valence-corrected chi connectivity index (χ2v) is 6.44. The highest BCUT2D eigenvalue weighted by Crippen LogP contribution is 2.22. The van der Waals surface area contributed by atoms with Gasteiger partial charge in [-0.05, 0) is 56.5 Å². The Bertz CT molecular complexity index is 910. The molecule has 0 saturated heterocycles. The number of rotatable bonds is 4. The Morgan fingerprint density at radius 2 is 1.72 bits per heavy atom. The summed E-state index contributed by atoms with van der Waals surface area (Å²) in [6.07, 6.45) is 0. The quantitative estimate of drug-likeness (QED) is 0.768. The molecule has 1 amide bonds. The number of hydrogen-bond donors (Lipinski definition) is 1. The predicted molar refractivity (Wildman–Crippen MR) is 101 cm³/mol. The molecule has 0 saturated carbocycles. The van der Waals surface area contributed by atoms with Crippen molar-refractivity contribution >= 4 is 11.6 Å². The van der Waals surface area contributed by atoms with Crippen molar-refractivity contribution in [3.05, 3.63) is 82.2 Å². The van der Waals surface area contributed by atoms with Crippen molar-refractivity contribution in [2.75, 3.05) is 5.32 Å². The van der Waals surface area contributed by atoms with E-state index in [0.717, 1.165) is 22.6 Å². The maximum absolute atomic E-state index is 12.6. The smallest absolute Gasteiger partial charge is 0.255 e. The maximum Gasteiger partial charge on any atom is 0.255 e. The zero-order valence-electron chi connectivity index (χ0n) is 15.1. The summed E-state index contributed by atoms with van der Waals surface area (Å²) in [5.74, 6) is -0.103. The fraction of sp³-hybridized carbons (Fsp3) is 0.238. The summed E-state index contributed by atoms with van der Waals surface area (Å²) < 4.78 is 1.93.